The number of hydrogen-bond acceptors (Lipinski definition) is 5. The summed E-state index contributed by atoms with van der Waals surface area (Å²) in [4.78, 5) is 28.9. The molecular formula is C29H34ClN3O5S. The second-order valence-corrected chi connectivity index (χ2v) is 11.5. The number of carbonyl (C=O) groups excluding carboxylic acids is 2. The number of likely N-dealkylation sites (N-methyl/N-ethyl adjacent to an activating group) is 1. The van der Waals surface area contributed by atoms with Gasteiger partial charge in [0.05, 0.1) is 19.1 Å². The van der Waals surface area contributed by atoms with Crippen molar-refractivity contribution < 1.29 is 22.7 Å². The Labute approximate surface area is 235 Å². The number of halogens is 1. The third kappa shape index (κ3) is 7.97. The maximum absolute atomic E-state index is 14.1. The Morgan fingerprint density at radius 3 is 2.31 bits per heavy atom. The molecule has 1 N–H and O–H groups in total. The summed E-state index contributed by atoms with van der Waals surface area (Å²) < 4.78 is 32.2. The number of benzene rings is 3. The Hall–Kier alpha value is -3.56. The molecule has 0 unspecified atom stereocenters. The smallest absolute Gasteiger partial charge is 0.244 e. The standard InChI is InChI=1S/C29H34ClN3O5S/c1-5-31-29(35)26(17-22-12-7-6-8-13-22)32(19-23-14-10-9-11-21(23)2)28(34)20-33(39(4,36)37)25-18-24(30)15-16-27(25)38-3/h6-16,18,26H,5,17,19-20H2,1-4H3,(H,31,35)/t26-/m1/s1. The van der Waals surface area contributed by atoms with Gasteiger partial charge in [0.1, 0.15) is 18.3 Å². The molecule has 3 aromatic carbocycles. The Balaban J connectivity index is 2.09. The molecule has 1 atom stereocenters. The van der Waals surface area contributed by atoms with Crippen molar-refractivity contribution >= 4 is 39.1 Å². The average molecular weight is 572 g/mol. The number of nitrogens with zero attached hydrogens (tertiary/aromatic N) is 2. The Morgan fingerprint density at radius 1 is 1.03 bits per heavy atom. The van der Waals surface area contributed by atoms with Gasteiger partial charge in [-0.2, -0.15) is 0 Å². The summed E-state index contributed by atoms with van der Waals surface area (Å²) in [6.07, 6.45) is 1.27. The van der Waals surface area contributed by atoms with E-state index in [1.54, 1.807) is 12.1 Å². The van der Waals surface area contributed by atoms with Crippen LogP contribution in [-0.4, -0.2) is 57.6 Å². The van der Waals surface area contributed by atoms with Crippen molar-refractivity contribution in [2.24, 2.45) is 0 Å². The van der Waals surface area contributed by atoms with Crippen molar-refractivity contribution in [3.63, 3.8) is 0 Å². The van der Waals surface area contributed by atoms with Crippen LogP contribution in [0.5, 0.6) is 5.75 Å². The molecule has 0 aromatic heterocycles. The molecule has 3 aromatic rings. The van der Waals surface area contributed by atoms with Gasteiger partial charge in [0, 0.05) is 24.5 Å². The third-order valence-corrected chi connectivity index (χ3v) is 7.67. The maximum atomic E-state index is 14.1. The summed E-state index contributed by atoms with van der Waals surface area (Å²) in [5.74, 6) is -0.625. The van der Waals surface area contributed by atoms with Crippen molar-refractivity contribution in [3.05, 3.63) is 94.5 Å². The summed E-state index contributed by atoms with van der Waals surface area (Å²) in [6.45, 7) is 3.68. The van der Waals surface area contributed by atoms with E-state index in [-0.39, 0.29) is 35.3 Å². The van der Waals surface area contributed by atoms with Crippen LogP contribution < -0.4 is 14.4 Å². The van der Waals surface area contributed by atoms with Gasteiger partial charge in [0.2, 0.25) is 21.8 Å². The summed E-state index contributed by atoms with van der Waals surface area (Å²) in [7, 11) is -2.54. The van der Waals surface area contributed by atoms with Crippen molar-refractivity contribution in [2.75, 3.05) is 30.8 Å². The number of sulfonamides is 1. The highest BCUT2D eigenvalue weighted by molar-refractivity contribution is 7.92. The van der Waals surface area contributed by atoms with Gasteiger partial charge in [-0.3, -0.25) is 13.9 Å². The normalized spacial score (nSPS) is 11.9. The van der Waals surface area contributed by atoms with Crippen LogP contribution in [0, 0.1) is 6.92 Å². The molecule has 0 heterocycles. The van der Waals surface area contributed by atoms with Crippen LogP contribution in [0.15, 0.2) is 72.8 Å². The van der Waals surface area contributed by atoms with Crippen LogP contribution in [-0.2, 0) is 32.6 Å². The molecule has 0 aliphatic rings. The van der Waals surface area contributed by atoms with Gasteiger partial charge < -0.3 is 15.0 Å². The molecule has 0 spiro atoms. The first kappa shape index (κ1) is 30.0. The molecule has 0 radical (unpaired) electrons. The molecule has 208 valence electrons. The van der Waals surface area contributed by atoms with E-state index < -0.39 is 28.5 Å². The van der Waals surface area contributed by atoms with Crippen LogP contribution in [0.3, 0.4) is 0 Å². The highest BCUT2D eigenvalue weighted by Gasteiger charge is 2.33. The van der Waals surface area contributed by atoms with Crippen molar-refractivity contribution in [3.8, 4) is 5.75 Å². The fourth-order valence-electron chi connectivity index (χ4n) is 4.27. The van der Waals surface area contributed by atoms with E-state index in [9.17, 15) is 18.0 Å². The van der Waals surface area contributed by atoms with Crippen LogP contribution >= 0.6 is 11.6 Å². The SMILES string of the molecule is CCNC(=O)[C@@H](Cc1ccccc1)N(Cc1ccccc1C)C(=O)CN(c1cc(Cl)ccc1OC)S(C)(=O)=O. The molecule has 0 saturated heterocycles. The van der Waals surface area contributed by atoms with Crippen molar-refractivity contribution in [1.29, 1.82) is 0 Å². The average Bonchev–Trinajstić information content (AvgIpc) is 2.90. The Bertz CT molecular complexity index is 1400. The molecule has 8 nitrogen and oxygen atoms in total. The van der Waals surface area contributed by atoms with Gasteiger partial charge in [0.25, 0.3) is 0 Å². The van der Waals surface area contributed by atoms with Gasteiger partial charge in [-0.25, -0.2) is 8.42 Å². The molecule has 0 bridgehead atoms. The lowest BCUT2D eigenvalue weighted by atomic mass is 10.0. The first-order chi connectivity index (χ1) is 18.5. The minimum absolute atomic E-state index is 0.115. The molecule has 0 fully saturated rings. The summed E-state index contributed by atoms with van der Waals surface area (Å²) in [6, 6.07) is 20.6. The lowest BCUT2D eigenvalue weighted by molar-refractivity contribution is -0.140. The van der Waals surface area contributed by atoms with Crippen LogP contribution in [0.2, 0.25) is 5.02 Å². The largest absolute Gasteiger partial charge is 0.495 e. The predicted octanol–water partition coefficient (Wildman–Crippen LogP) is 4.20. The minimum atomic E-state index is -3.95. The highest BCUT2D eigenvalue weighted by atomic mass is 35.5. The fraction of sp³-hybridized carbons (Fsp3) is 0.310. The van der Waals surface area contributed by atoms with E-state index >= 15 is 0 Å². The van der Waals surface area contributed by atoms with E-state index in [0.717, 1.165) is 27.3 Å². The zero-order chi connectivity index (χ0) is 28.6. The highest BCUT2D eigenvalue weighted by Crippen LogP contribution is 2.33. The lowest BCUT2D eigenvalue weighted by Gasteiger charge is -2.34. The second kappa shape index (κ2) is 13.5. The van der Waals surface area contributed by atoms with Crippen molar-refractivity contribution in [2.45, 2.75) is 32.9 Å². The molecule has 3 rings (SSSR count). The first-order valence-corrected chi connectivity index (χ1v) is 14.7. The van der Waals surface area contributed by atoms with E-state index in [4.69, 9.17) is 16.3 Å². The van der Waals surface area contributed by atoms with Gasteiger partial charge in [-0.05, 0) is 48.7 Å². The van der Waals surface area contributed by atoms with Crippen molar-refractivity contribution in [1.82, 2.24) is 10.2 Å². The van der Waals surface area contributed by atoms with Gasteiger partial charge >= 0.3 is 0 Å². The molecule has 0 aliphatic carbocycles. The zero-order valence-electron chi connectivity index (χ0n) is 22.6. The van der Waals surface area contributed by atoms with Gasteiger partial charge in [0.15, 0.2) is 0 Å². The van der Waals surface area contributed by atoms with E-state index in [1.165, 1.54) is 18.1 Å². The Morgan fingerprint density at radius 2 is 1.69 bits per heavy atom. The number of ether oxygens (including phenoxy) is 1. The number of anilines is 1. The number of carbonyl (C=O) groups is 2. The fourth-order valence-corrected chi connectivity index (χ4v) is 5.28. The summed E-state index contributed by atoms with van der Waals surface area (Å²) in [5.41, 5.74) is 2.79. The second-order valence-electron chi connectivity index (χ2n) is 9.13. The van der Waals surface area contributed by atoms with E-state index in [1.807, 2.05) is 68.4 Å². The number of rotatable bonds is 12. The minimum Gasteiger partial charge on any atom is -0.495 e. The van der Waals surface area contributed by atoms with E-state index in [2.05, 4.69) is 5.32 Å². The molecule has 0 saturated carbocycles. The lowest BCUT2D eigenvalue weighted by Crippen LogP contribution is -2.53. The molecule has 10 heteroatoms. The number of aryl methyl sites for hydroxylation is 1. The number of amides is 2. The molecular weight excluding hydrogens is 538 g/mol. The van der Waals surface area contributed by atoms with Crippen LogP contribution in [0.4, 0.5) is 5.69 Å². The van der Waals surface area contributed by atoms with E-state index in [0.29, 0.717) is 6.54 Å². The van der Waals surface area contributed by atoms with Crippen LogP contribution in [0.25, 0.3) is 0 Å². The maximum Gasteiger partial charge on any atom is 0.244 e. The number of hydrogen-bond donors (Lipinski definition) is 1. The zero-order valence-corrected chi connectivity index (χ0v) is 24.1. The van der Waals surface area contributed by atoms with Gasteiger partial charge in [-0.1, -0.05) is 66.2 Å². The summed E-state index contributed by atoms with van der Waals surface area (Å²) in [5, 5.41) is 3.13. The monoisotopic (exact) mass is 571 g/mol. The number of nitrogens with one attached hydrogen (secondary N) is 1. The first-order valence-electron chi connectivity index (χ1n) is 12.5. The van der Waals surface area contributed by atoms with Gasteiger partial charge in [-0.15, -0.1) is 0 Å². The van der Waals surface area contributed by atoms with Crippen LogP contribution in [0.1, 0.15) is 23.6 Å². The quantitative estimate of drug-likeness (QED) is 0.351. The Kier molecular flexibility index (Phi) is 10.4. The topological polar surface area (TPSA) is 96.0 Å². The molecule has 39 heavy (non-hydrogen) atoms. The number of methoxy groups -OCH3 is 1. The third-order valence-electron chi connectivity index (χ3n) is 6.31. The molecule has 2 amide bonds. The summed E-state index contributed by atoms with van der Waals surface area (Å²) >= 11 is 6.18. The molecule has 0 aliphatic heterocycles. The predicted molar refractivity (Wildman–Crippen MR) is 155 cm³/mol.